The van der Waals surface area contributed by atoms with E-state index in [4.69, 9.17) is 16.3 Å². The molecule has 6 heteroatoms. The fraction of sp³-hybridized carbons (Fsp3) is 0.200. The van der Waals surface area contributed by atoms with Crippen molar-refractivity contribution in [2.45, 2.75) is 6.61 Å². The fourth-order valence-electron chi connectivity index (χ4n) is 1.85. The summed E-state index contributed by atoms with van der Waals surface area (Å²) in [4.78, 5) is 12.3. The molecule has 0 unspecified atom stereocenters. The van der Waals surface area contributed by atoms with Gasteiger partial charge in [-0.3, -0.25) is 10.1 Å². The standard InChI is InChI=1S/C15H15ClN2O3/c1-17(2)15-9-13(7-8-14(15)18(19)20)21-10-11-3-5-12(16)6-4-11/h3-9H,10H2,1-2H3. The van der Waals surface area contributed by atoms with Crippen molar-refractivity contribution < 1.29 is 9.66 Å². The van der Waals surface area contributed by atoms with Crippen molar-refractivity contribution in [2.24, 2.45) is 0 Å². The highest BCUT2D eigenvalue weighted by Crippen LogP contribution is 2.31. The molecule has 0 bridgehead atoms. The summed E-state index contributed by atoms with van der Waals surface area (Å²) >= 11 is 5.82. The minimum absolute atomic E-state index is 0.0545. The van der Waals surface area contributed by atoms with Gasteiger partial charge in [0.05, 0.1) is 4.92 Å². The Morgan fingerprint density at radius 3 is 2.43 bits per heavy atom. The first-order valence-corrected chi connectivity index (χ1v) is 6.68. The second-order valence-corrected chi connectivity index (χ2v) is 5.15. The maximum Gasteiger partial charge on any atom is 0.292 e. The van der Waals surface area contributed by atoms with Gasteiger partial charge in [-0.15, -0.1) is 0 Å². The predicted molar refractivity (Wildman–Crippen MR) is 83.2 cm³/mol. The number of hydrogen-bond acceptors (Lipinski definition) is 4. The van der Waals surface area contributed by atoms with Crippen LogP contribution in [0.3, 0.4) is 0 Å². The van der Waals surface area contributed by atoms with Gasteiger partial charge in [0.15, 0.2) is 0 Å². The van der Waals surface area contributed by atoms with E-state index in [1.54, 1.807) is 43.3 Å². The van der Waals surface area contributed by atoms with Crippen LogP contribution in [0, 0.1) is 10.1 Å². The maximum atomic E-state index is 11.0. The highest BCUT2D eigenvalue weighted by molar-refractivity contribution is 6.30. The van der Waals surface area contributed by atoms with Gasteiger partial charge in [-0.2, -0.15) is 0 Å². The molecule has 0 aliphatic rings. The first-order chi connectivity index (χ1) is 9.97. The van der Waals surface area contributed by atoms with Crippen LogP contribution in [0.25, 0.3) is 0 Å². The summed E-state index contributed by atoms with van der Waals surface area (Å²) in [5, 5.41) is 11.6. The number of anilines is 1. The SMILES string of the molecule is CN(C)c1cc(OCc2ccc(Cl)cc2)ccc1[N+](=O)[O-]. The van der Waals surface area contributed by atoms with Crippen LogP contribution in [-0.4, -0.2) is 19.0 Å². The molecule has 0 amide bonds. The largest absolute Gasteiger partial charge is 0.489 e. The number of nitro groups is 1. The van der Waals surface area contributed by atoms with Gasteiger partial charge in [-0.05, 0) is 23.8 Å². The van der Waals surface area contributed by atoms with Gasteiger partial charge < -0.3 is 9.64 Å². The van der Waals surface area contributed by atoms with Crippen molar-refractivity contribution in [3.05, 3.63) is 63.2 Å². The molecule has 0 radical (unpaired) electrons. The maximum absolute atomic E-state index is 11.0. The number of halogens is 1. The van der Waals surface area contributed by atoms with Crippen LogP contribution >= 0.6 is 11.6 Å². The van der Waals surface area contributed by atoms with Crippen LogP contribution in [0.15, 0.2) is 42.5 Å². The summed E-state index contributed by atoms with van der Waals surface area (Å²) in [7, 11) is 3.51. The molecule has 0 saturated heterocycles. The average molecular weight is 307 g/mol. The zero-order valence-corrected chi connectivity index (χ0v) is 12.5. The Hall–Kier alpha value is -2.27. The second kappa shape index (κ2) is 6.45. The molecule has 0 spiro atoms. The van der Waals surface area contributed by atoms with E-state index >= 15 is 0 Å². The quantitative estimate of drug-likeness (QED) is 0.621. The smallest absolute Gasteiger partial charge is 0.292 e. The predicted octanol–water partition coefficient (Wildman–Crippen LogP) is 3.89. The summed E-state index contributed by atoms with van der Waals surface area (Å²) in [6.07, 6.45) is 0. The summed E-state index contributed by atoms with van der Waals surface area (Å²) < 4.78 is 5.67. The lowest BCUT2D eigenvalue weighted by Gasteiger charge is -2.14. The van der Waals surface area contributed by atoms with Crippen molar-refractivity contribution in [3.8, 4) is 5.75 Å². The number of rotatable bonds is 5. The molecule has 2 aromatic rings. The number of nitrogens with zero attached hydrogens (tertiary/aromatic N) is 2. The summed E-state index contributed by atoms with van der Waals surface area (Å²) in [6.45, 7) is 0.377. The van der Waals surface area contributed by atoms with Gasteiger partial charge in [-0.25, -0.2) is 0 Å². The van der Waals surface area contributed by atoms with E-state index in [2.05, 4.69) is 0 Å². The van der Waals surface area contributed by atoms with Crippen LogP contribution in [-0.2, 0) is 6.61 Å². The van der Waals surface area contributed by atoms with E-state index in [0.717, 1.165) is 5.56 Å². The Morgan fingerprint density at radius 1 is 1.19 bits per heavy atom. The fourth-order valence-corrected chi connectivity index (χ4v) is 1.98. The average Bonchev–Trinajstić information content (AvgIpc) is 2.46. The third-order valence-electron chi connectivity index (χ3n) is 2.94. The minimum atomic E-state index is -0.404. The van der Waals surface area contributed by atoms with Crippen LogP contribution < -0.4 is 9.64 Å². The second-order valence-electron chi connectivity index (χ2n) is 4.72. The summed E-state index contributed by atoms with van der Waals surface area (Å²) in [5.41, 5.74) is 1.54. The molecule has 0 atom stereocenters. The topological polar surface area (TPSA) is 55.6 Å². The van der Waals surface area contributed by atoms with Gasteiger partial charge in [0.2, 0.25) is 0 Å². The van der Waals surface area contributed by atoms with Crippen molar-refractivity contribution in [1.29, 1.82) is 0 Å². The van der Waals surface area contributed by atoms with E-state index in [-0.39, 0.29) is 5.69 Å². The minimum Gasteiger partial charge on any atom is -0.489 e. The highest BCUT2D eigenvalue weighted by atomic mass is 35.5. The Balaban J connectivity index is 2.15. The lowest BCUT2D eigenvalue weighted by molar-refractivity contribution is -0.384. The van der Waals surface area contributed by atoms with Crippen molar-refractivity contribution >= 4 is 23.0 Å². The van der Waals surface area contributed by atoms with Gasteiger partial charge in [-0.1, -0.05) is 23.7 Å². The van der Waals surface area contributed by atoms with Crippen LogP contribution in [0.5, 0.6) is 5.75 Å². The van der Waals surface area contributed by atoms with E-state index in [1.165, 1.54) is 6.07 Å². The molecule has 0 heterocycles. The normalized spacial score (nSPS) is 10.2. The van der Waals surface area contributed by atoms with Crippen molar-refractivity contribution in [2.75, 3.05) is 19.0 Å². The zero-order valence-electron chi connectivity index (χ0n) is 11.7. The van der Waals surface area contributed by atoms with Crippen LogP contribution in [0.2, 0.25) is 5.02 Å². The third kappa shape index (κ3) is 3.86. The lowest BCUT2D eigenvalue weighted by atomic mass is 10.2. The number of nitro benzene ring substituents is 1. The summed E-state index contributed by atoms with van der Waals surface area (Å²) in [5.74, 6) is 0.583. The molecule has 2 rings (SSSR count). The lowest BCUT2D eigenvalue weighted by Crippen LogP contribution is -2.11. The Morgan fingerprint density at radius 2 is 1.86 bits per heavy atom. The Labute approximate surface area is 127 Å². The Kier molecular flexibility index (Phi) is 4.65. The molecular weight excluding hydrogens is 292 g/mol. The molecule has 5 nitrogen and oxygen atoms in total. The van der Waals surface area contributed by atoms with Crippen LogP contribution in [0.4, 0.5) is 11.4 Å². The molecule has 110 valence electrons. The number of ether oxygens (including phenoxy) is 1. The van der Waals surface area contributed by atoms with Gasteiger partial charge in [0, 0.05) is 31.3 Å². The van der Waals surface area contributed by atoms with Gasteiger partial charge >= 0.3 is 0 Å². The van der Waals surface area contributed by atoms with E-state index in [9.17, 15) is 10.1 Å². The molecule has 21 heavy (non-hydrogen) atoms. The molecule has 0 fully saturated rings. The van der Waals surface area contributed by atoms with Gasteiger partial charge in [0.25, 0.3) is 5.69 Å². The molecule has 2 aromatic carbocycles. The van der Waals surface area contributed by atoms with E-state index in [1.807, 2.05) is 12.1 Å². The molecule has 0 N–H and O–H groups in total. The number of benzene rings is 2. The number of hydrogen-bond donors (Lipinski definition) is 0. The molecule has 0 aromatic heterocycles. The zero-order chi connectivity index (χ0) is 15.4. The summed E-state index contributed by atoms with van der Waals surface area (Å²) in [6, 6.07) is 12.0. The first-order valence-electron chi connectivity index (χ1n) is 6.30. The van der Waals surface area contributed by atoms with E-state index in [0.29, 0.717) is 23.1 Å². The van der Waals surface area contributed by atoms with Gasteiger partial charge in [0.1, 0.15) is 18.0 Å². The third-order valence-corrected chi connectivity index (χ3v) is 3.20. The first kappa shape index (κ1) is 15.1. The highest BCUT2D eigenvalue weighted by Gasteiger charge is 2.16. The molecular formula is C15H15ClN2O3. The molecule has 0 aliphatic carbocycles. The molecule has 0 aliphatic heterocycles. The van der Waals surface area contributed by atoms with E-state index < -0.39 is 4.92 Å². The van der Waals surface area contributed by atoms with Crippen molar-refractivity contribution in [3.63, 3.8) is 0 Å². The molecule has 0 saturated carbocycles. The van der Waals surface area contributed by atoms with Crippen LogP contribution in [0.1, 0.15) is 5.56 Å². The monoisotopic (exact) mass is 306 g/mol. The van der Waals surface area contributed by atoms with Crippen molar-refractivity contribution in [1.82, 2.24) is 0 Å². The Bertz CT molecular complexity index is 642.